The Bertz CT molecular complexity index is 1440. The van der Waals surface area contributed by atoms with Gasteiger partial charge in [-0.3, -0.25) is 4.79 Å². The van der Waals surface area contributed by atoms with Crippen molar-refractivity contribution in [3.8, 4) is 0 Å². The van der Waals surface area contributed by atoms with Gasteiger partial charge < -0.3 is 34.5 Å². The maximum absolute atomic E-state index is 11.7. The molecule has 0 unspecified atom stereocenters. The highest BCUT2D eigenvalue weighted by molar-refractivity contribution is 5.81. The Balaban J connectivity index is 0.000000290. The van der Waals surface area contributed by atoms with Gasteiger partial charge >= 0.3 is 0 Å². The van der Waals surface area contributed by atoms with E-state index in [1.165, 1.54) is 12.0 Å². The molecule has 0 aliphatic carbocycles. The molecule has 0 saturated carbocycles. The molecule has 1 heterocycles. The Morgan fingerprint density at radius 3 is 1.70 bits per heavy atom. The van der Waals surface area contributed by atoms with E-state index in [9.17, 15) is 19.8 Å². The van der Waals surface area contributed by atoms with Crippen LogP contribution in [-0.4, -0.2) is 65.9 Å². The van der Waals surface area contributed by atoms with Gasteiger partial charge in [-0.25, -0.2) is 0 Å². The molecule has 1 fully saturated rings. The van der Waals surface area contributed by atoms with Crippen LogP contribution in [0.15, 0.2) is 91.0 Å². The molecule has 0 aromatic heterocycles. The molecule has 8 heteroatoms. The Kier molecular flexibility index (Phi) is 23.9. The monoisotopic (exact) mass is 776 g/mol. The third-order valence-electron chi connectivity index (χ3n) is 11.9. The predicted octanol–water partition coefficient (Wildman–Crippen LogP) is 8.86. The van der Waals surface area contributed by atoms with Crippen LogP contribution < -0.4 is 5.32 Å². The van der Waals surface area contributed by atoms with Crippen LogP contribution in [0, 0.1) is 35.5 Å². The summed E-state index contributed by atoms with van der Waals surface area (Å²) in [6, 6.07) is 30.7. The molecule has 1 aliphatic heterocycles. The van der Waals surface area contributed by atoms with Crippen molar-refractivity contribution in [1.82, 2.24) is 5.32 Å². The van der Waals surface area contributed by atoms with E-state index in [1.807, 2.05) is 108 Å². The van der Waals surface area contributed by atoms with E-state index >= 15 is 0 Å². The van der Waals surface area contributed by atoms with E-state index in [0.717, 1.165) is 37.0 Å². The number of nitrogens with one attached hydrogen (secondary N) is 1. The van der Waals surface area contributed by atoms with Crippen LogP contribution >= 0.6 is 0 Å². The number of hydrogen-bond acceptors (Lipinski definition) is 8. The molecule has 11 atom stereocenters. The standard InChI is InChI=1S/C16H25NO.C16H26O3.C16H22O3/c1-4-15-12(2)13(3)16(10-17-15)18-11-14-8-6-5-7-9-14;2*1-4-15(18)12(2)13(3)16(10-17)19-11-14-8-6-5-7-9-14/h5-9,12-13,15-17H,4,10-11H2,1-3H3;5-9,12-13,15-18H,4,10-11H2,1-3H3;5-10,12-13,16H,4,11H2,1-3H3/t2*12-,13-,15+,16-;12-,13-,16-/m000/s1. The van der Waals surface area contributed by atoms with Crippen LogP contribution in [0.3, 0.4) is 0 Å². The number of hydrogen-bond donors (Lipinski definition) is 3. The number of Topliss-reactive ketones (excluding diaryl/α,β-unsaturated/α-hetero) is 1. The van der Waals surface area contributed by atoms with Crippen LogP contribution in [0.25, 0.3) is 0 Å². The molecule has 0 bridgehead atoms. The van der Waals surface area contributed by atoms with Gasteiger partial charge in [0.2, 0.25) is 0 Å². The maximum atomic E-state index is 11.7. The van der Waals surface area contributed by atoms with E-state index in [0.29, 0.717) is 43.6 Å². The lowest BCUT2D eigenvalue weighted by Gasteiger charge is -2.40. The SMILES string of the molecule is CCC(=O)[C@@H](C)[C@H](C)[C@H](C=O)OCc1ccccc1.CC[C@@H](O)[C@@H](C)[C@H](C)[C@H](CO)OCc1ccccc1.CC[C@H]1NC[C@H](OCc2ccccc2)[C@@H](C)[C@@H]1C. The van der Waals surface area contributed by atoms with Crippen LogP contribution in [-0.2, 0) is 43.6 Å². The van der Waals surface area contributed by atoms with Gasteiger partial charge in [0, 0.05) is 24.9 Å². The summed E-state index contributed by atoms with van der Waals surface area (Å²) in [7, 11) is 0. The van der Waals surface area contributed by atoms with Crippen LogP contribution in [0.4, 0.5) is 0 Å². The zero-order valence-corrected chi connectivity index (χ0v) is 35.7. The quantitative estimate of drug-likeness (QED) is 0.0977. The highest BCUT2D eigenvalue weighted by atomic mass is 16.5. The maximum Gasteiger partial charge on any atom is 0.149 e. The van der Waals surface area contributed by atoms with Crippen molar-refractivity contribution in [2.45, 2.75) is 132 Å². The van der Waals surface area contributed by atoms with Gasteiger partial charge in [-0.05, 0) is 59.1 Å². The van der Waals surface area contributed by atoms with Gasteiger partial charge in [-0.2, -0.15) is 0 Å². The topological polar surface area (TPSA) is 114 Å². The second-order valence-corrected chi connectivity index (χ2v) is 15.6. The number of aliphatic hydroxyl groups is 2. The first-order chi connectivity index (χ1) is 26.9. The number of ether oxygens (including phenoxy) is 3. The third kappa shape index (κ3) is 16.7. The number of aliphatic hydroxyl groups excluding tert-OH is 2. The molecule has 3 N–H and O–H groups in total. The first kappa shape index (κ1) is 48.9. The molecule has 0 amide bonds. The fourth-order valence-electron chi connectivity index (χ4n) is 7.04. The van der Waals surface area contributed by atoms with Crippen molar-refractivity contribution in [2.75, 3.05) is 13.2 Å². The summed E-state index contributed by atoms with van der Waals surface area (Å²) in [6.07, 6.45) is 2.44. The summed E-state index contributed by atoms with van der Waals surface area (Å²) in [6.45, 7) is 21.1. The number of benzene rings is 3. The minimum absolute atomic E-state index is 0.0191. The smallest absolute Gasteiger partial charge is 0.149 e. The predicted molar refractivity (Wildman–Crippen MR) is 227 cm³/mol. The normalized spacial score (nSPS) is 21.7. The number of piperidine rings is 1. The summed E-state index contributed by atoms with van der Waals surface area (Å²) in [5.74, 6) is 1.44. The number of rotatable bonds is 20. The van der Waals surface area contributed by atoms with E-state index in [1.54, 1.807) is 0 Å². The average molecular weight is 776 g/mol. The highest BCUT2D eigenvalue weighted by Crippen LogP contribution is 2.28. The first-order valence-electron chi connectivity index (χ1n) is 20.9. The van der Waals surface area contributed by atoms with Crippen LogP contribution in [0.2, 0.25) is 0 Å². The van der Waals surface area contributed by atoms with Gasteiger partial charge in [-0.1, -0.05) is 153 Å². The van der Waals surface area contributed by atoms with Crippen molar-refractivity contribution in [1.29, 1.82) is 0 Å². The molecular weight excluding hydrogens is 703 g/mol. The fourth-order valence-corrected chi connectivity index (χ4v) is 7.04. The number of ketones is 1. The second kappa shape index (κ2) is 27.4. The molecule has 1 aliphatic rings. The van der Waals surface area contributed by atoms with E-state index in [-0.39, 0.29) is 48.3 Å². The highest BCUT2D eigenvalue weighted by Gasteiger charge is 2.33. The lowest BCUT2D eigenvalue weighted by molar-refractivity contribution is -0.130. The Labute approximate surface area is 338 Å². The first-order valence-corrected chi connectivity index (χ1v) is 20.9. The minimum atomic E-state index is -0.536. The minimum Gasteiger partial charge on any atom is -0.394 e. The van der Waals surface area contributed by atoms with E-state index in [2.05, 4.69) is 50.4 Å². The fraction of sp³-hybridized carbons (Fsp3) is 0.583. The summed E-state index contributed by atoms with van der Waals surface area (Å²) in [5.41, 5.74) is 3.38. The molecule has 56 heavy (non-hydrogen) atoms. The largest absolute Gasteiger partial charge is 0.394 e. The molecule has 0 radical (unpaired) electrons. The van der Waals surface area contributed by atoms with Gasteiger partial charge in [0.05, 0.1) is 44.7 Å². The molecule has 0 spiro atoms. The molecule has 4 rings (SSSR count). The lowest BCUT2D eigenvalue weighted by Crippen LogP contribution is -2.52. The summed E-state index contributed by atoms with van der Waals surface area (Å²) in [4.78, 5) is 22.8. The third-order valence-corrected chi connectivity index (χ3v) is 11.9. The summed E-state index contributed by atoms with van der Waals surface area (Å²) in [5, 5.41) is 23.0. The summed E-state index contributed by atoms with van der Waals surface area (Å²) < 4.78 is 17.5. The molecule has 3 aromatic carbocycles. The van der Waals surface area contributed by atoms with Crippen molar-refractivity contribution >= 4 is 12.1 Å². The van der Waals surface area contributed by atoms with Crippen molar-refractivity contribution < 1.29 is 34.0 Å². The Morgan fingerprint density at radius 2 is 1.25 bits per heavy atom. The lowest BCUT2D eigenvalue weighted by atomic mass is 9.80. The van der Waals surface area contributed by atoms with E-state index < -0.39 is 6.10 Å². The van der Waals surface area contributed by atoms with Gasteiger partial charge in [0.1, 0.15) is 18.2 Å². The molecular formula is C48H73NO7. The van der Waals surface area contributed by atoms with Gasteiger partial charge in [0.25, 0.3) is 0 Å². The number of aldehydes is 1. The zero-order chi connectivity index (χ0) is 41.5. The van der Waals surface area contributed by atoms with Gasteiger partial charge in [0.15, 0.2) is 0 Å². The molecule has 3 aromatic rings. The molecule has 1 saturated heterocycles. The van der Waals surface area contributed by atoms with Crippen molar-refractivity contribution in [3.63, 3.8) is 0 Å². The van der Waals surface area contributed by atoms with Crippen LogP contribution in [0.5, 0.6) is 0 Å². The Hall–Kier alpha value is -3.24. The van der Waals surface area contributed by atoms with Crippen LogP contribution in [0.1, 0.15) is 98.3 Å². The number of carbonyl (C=O) groups is 2. The van der Waals surface area contributed by atoms with Gasteiger partial charge in [-0.15, -0.1) is 0 Å². The van der Waals surface area contributed by atoms with E-state index in [4.69, 9.17) is 14.2 Å². The van der Waals surface area contributed by atoms with Crippen molar-refractivity contribution in [3.05, 3.63) is 108 Å². The zero-order valence-electron chi connectivity index (χ0n) is 35.7. The Morgan fingerprint density at radius 1 is 0.750 bits per heavy atom. The average Bonchev–Trinajstić information content (AvgIpc) is 3.24. The molecule has 8 nitrogen and oxygen atoms in total. The second-order valence-electron chi connectivity index (χ2n) is 15.6. The van der Waals surface area contributed by atoms with Crippen molar-refractivity contribution in [2.24, 2.45) is 35.5 Å². The molecule has 312 valence electrons. The summed E-state index contributed by atoms with van der Waals surface area (Å²) >= 11 is 0. The number of carbonyl (C=O) groups excluding carboxylic acids is 2.